The molecule has 1 N–H and O–H groups in total. The van der Waals surface area contributed by atoms with Crippen LogP contribution in [0.4, 0.5) is 0 Å². The monoisotopic (exact) mass is 256 g/mol. The molecule has 0 spiro atoms. The molecule has 0 atom stereocenters. The zero-order valence-corrected chi connectivity index (χ0v) is 12.4. The Balaban J connectivity index is 1.83. The van der Waals surface area contributed by atoms with Crippen molar-refractivity contribution in [2.75, 3.05) is 45.9 Å². The Kier molecular flexibility index (Phi) is 9.54. The number of likely N-dealkylation sites (N-methyl/N-ethyl adjacent to an activating group) is 1. The molecule has 0 aliphatic heterocycles. The van der Waals surface area contributed by atoms with E-state index in [2.05, 4.69) is 24.1 Å². The highest BCUT2D eigenvalue weighted by molar-refractivity contribution is 4.65. The third-order valence-electron chi connectivity index (χ3n) is 4.00. The fourth-order valence-electron chi connectivity index (χ4n) is 2.65. The summed E-state index contributed by atoms with van der Waals surface area (Å²) < 4.78 is 5.76. The Morgan fingerprint density at radius 2 is 1.78 bits per heavy atom. The number of ether oxygens (including phenoxy) is 1. The van der Waals surface area contributed by atoms with Crippen molar-refractivity contribution in [3.63, 3.8) is 0 Å². The summed E-state index contributed by atoms with van der Waals surface area (Å²) in [7, 11) is 0. The molecule has 0 heterocycles. The predicted molar refractivity (Wildman–Crippen MR) is 78.1 cm³/mol. The summed E-state index contributed by atoms with van der Waals surface area (Å²) in [5, 5.41) is 3.46. The molecule has 1 fully saturated rings. The molecule has 0 aromatic rings. The van der Waals surface area contributed by atoms with E-state index < -0.39 is 0 Å². The highest BCUT2D eigenvalue weighted by Gasteiger charge is 2.12. The van der Waals surface area contributed by atoms with Gasteiger partial charge in [-0.2, -0.15) is 0 Å². The Bertz CT molecular complexity index is 177. The van der Waals surface area contributed by atoms with E-state index in [4.69, 9.17) is 4.74 Å². The number of hydrogen-bond acceptors (Lipinski definition) is 3. The second-order valence-electron chi connectivity index (χ2n) is 5.36. The van der Waals surface area contributed by atoms with E-state index in [9.17, 15) is 0 Å². The number of hydrogen-bond donors (Lipinski definition) is 1. The second-order valence-corrected chi connectivity index (χ2v) is 5.36. The van der Waals surface area contributed by atoms with Crippen LogP contribution in [0.3, 0.4) is 0 Å². The molecule has 0 radical (unpaired) electrons. The summed E-state index contributed by atoms with van der Waals surface area (Å²) in [6.45, 7) is 11.8. The lowest BCUT2D eigenvalue weighted by Gasteiger charge is -2.21. The van der Waals surface area contributed by atoms with Crippen molar-refractivity contribution in [3.05, 3.63) is 0 Å². The lowest BCUT2D eigenvalue weighted by molar-refractivity contribution is 0.0867. The van der Waals surface area contributed by atoms with Crippen LogP contribution in [0, 0.1) is 5.92 Å². The Morgan fingerprint density at radius 3 is 2.44 bits per heavy atom. The summed E-state index contributed by atoms with van der Waals surface area (Å²) in [6.07, 6.45) is 7.03. The predicted octanol–water partition coefficient (Wildman–Crippen LogP) is 2.51. The van der Waals surface area contributed by atoms with Gasteiger partial charge in [0.25, 0.3) is 0 Å². The highest BCUT2D eigenvalue weighted by Crippen LogP contribution is 2.23. The van der Waals surface area contributed by atoms with Gasteiger partial charge in [-0.1, -0.05) is 33.1 Å². The van der Waals surface area contributed by atoms with Crippen molar-refractivity contribution in [2.45, 2.75) is 46.0 Å². The zero-order valence-electron chi connectivity index (χ0n) is 12.4. The molecule has 1 saturated carbocycles. The minimum absolute atomic E-state index is 0.842. The first-order valence-corrected chi connectivity index (χ1v) is 7.87. The van der Waals surface area contributed by atoms with Crippen molar-refractivity contribution in [2.24, 2.45) is 5.92 Å². The lowest BCUT2D eigenvalue weighted by Crippen LogP contribution is -2.33. The van der Waals surface area contributed by atoms with Crippen molar-refractivity contribution in [1.29, 1.82) is 0 Å². The fraction of sp³-hybridized carbons (Fsp3) is 1.00. The summed E-state index contributed by atoms with van der Waals surface area (Å²) in [5.41, 5.74) is 0. The van der Waals surface area contributed by atoms with Gasteiger partial charge in [-0.05, 0) is 31.8 Å². The van der Waals surface area contributed by atoms with Crippen LogP contribution in [-0.4, -0.2) is 50.8 Å². The minimum atomic E-state index is 0.842. The van der Waals surface area contributed by atoms with Crippen molar-refractivity contribution in [3.8, 4) is 0 Å². The first-order chi connectivity index (χ1) is 8.86. The van der Waals surface area contributed by atoms with Crippen LogP contribution < -0.4 is 5.32 Å². The van der Waals surface area contributed by atoms with E-state index in [0.29, 0.717) is 0 Å². The molecule has 3 nitrogen and oxygen atoms in total. The van der Waals surface area contributed by atoms with Crippen LogP contribution in [0.15, 0.2) is 0 Å². The van der Waals surface area contributed by atoms with Gasteiger partial charge in [-0.3, -0.25) is 0 Å². The van der Waals surface area contributed by atoms with Gasteiger partial charge >= 0.3 is 0 Å². The van der Waals surface area contributed by atoms with Crippen molar-refractivity contribution >= 4 is 0 Å². The molecule has 108 valence electrons. The summed E-state index contributed by atoms with van der Waals surface area (Å²) in [6, 6.07) is 0. The highest BCUT2D eigenvalue weighted by atomic mass is 16.5. The third-order valence-corrected chi connectivity index (χ3v) is 4.00. The van der Waals surface area contributed by atoms with E-state index in [0.717, 1.165) is 51.9 Å². The van der Waals surface area contributed by atoms with E-state index >= 15 is 0 Å². The van der Waals surface area contributed by atoms with Crippen molar-refractivity contribution < 1.29 is 4.74 Å². The van der Waals surface area contributed by atoms with Gasteiger partial charge in [-0.25, -0.2) is 0 Å². The molecule has 0 saturated heterocycles. The maximum absolute atomic E-state index is 5.76. The van der Waals surface area contributed by atoms with Crippen LogP contribution in [0.25, 0.3) is 0 Å². The van der Waals surface area contributed by atoms with Gasteiger partial charge in [-0.15, -0.1) is 0 Å². The maximum Gasteiger partial charge on any atom is 0.0591 e. The number of nitrogens with zero attached hydrogens (tertiary/aromatic N) is 1. The SMILES string of the molecule is CCN(CC)CCNCCOCC1CCCCC1. The molecule has 0 amide bonds. The van der Waals surface area contributed by atoms with Crippen LogP contribution in [0.1, 0.15) is 46.0 Å². The topological polar surface area (TPSA) is 24.5 Å². The molecule has 1 rings (SSSR count). The fourth-order valence-corrected chi connectivity index (χ4v) is 2.65. The first-order valence-electron chi connectivity index (χ1n) is 7.87. The molecule has 0 bridgehead atoms. The van der Waals surface area contributed by atoms with Crippen LogP contribution in [0.2, 0.25) is 0 Å². The second kappa shape index (κ2) is 10.8. The van der Waals surface area contributed by atoms with Gasteiger partial charge in [0.1, 0.15) is 0 Å². The van der Waals surface area contributed by atoms with Crippen LogP contribution in [-0.2, 0) is 4.74 Å². The molecule has 0 aromatic carbocycles. The van der Waals surface area contributed by atoms with Gasteiger partial charge in [0.15, 0.2) is 0 Å². The minimum Gasteiger partial charge on any atom is -0.380 e. The van der Waals surface area contributed by atoms with E-state index in [1.807, 2.05) is 0 Å². The maximum atomic E-state index is 5.76. The first kappa shape index (κ1) is 15.9. The molecule has 18 heavy (non-hydrogen) atoms. The molecular weight excluding hydrogens is 224 g/mol. The average molecular weight is 256 g/mol. The average Bonchev–Trinajstić information content (AvgIpc) is 2.43. The summed E-state index contributed by atoms with van der Waals surface area (Å²) >= 11 is 0. The number of nitrogens with one attached hydrogen (secondary N) is 1. The lowest BCUT2D eigenvalue weighted by atomic mass is 9.90. The van der Waals surface area contributed by atoms with Gasteiger partial charge in [0.2, 0.25) is 0 Å². The Labute approximate surface area is 113 Å². The van der Waals surface area contributed by atoms with E-state index in [1.54, 1.807) is 0 Å². The largest absolute Gasteiger partial charge is 0.380 e. The Hall–Kier alpha value is -0.120. The third kappa shape index (κ3) is 7.34. The summed E-state index contributed by atoms with van der Waals surface area (Å²) in [5.74, 6) is 0.842. The standard InChI is InChI=1S/C15H32N2O/c1-3-17(4-2)12-10-16-11-13-18-14-15-8-6-5-7-9-15/h15-16H,3-14H2,1-2H3. The normalized spacial score (nSPS) is 17.5. The van der Waals surface area contributed by atoms with Crippen LogP contribution in [0.5, 0.6) is 0 Å². The van der Waals surface area contributed by atoms with Crippen molar-refractivity contribution in [1.82, 2.24) is 10.2 Å². The van der Waals surface area contributed by atoms with E-state index in [1.165, 1.54) is 32.1 Å². The molecule has 0 unspecified atom stereocenters. The summed E-state index contributed by atoms with van der Waals surface area (Å²) in [4.78, 5) is 2.44. The van der Waals surface area contributed by atoms with Gasteiger partial charge in [0, 0.05) is 26.2 Å². The molecular formula is C15H32N2O. The van der Waals surface area contributed by atoms with Gasteiger partial charge < -0.3 is 15.0 Å². The molecule has 1 aliphatic carbocycles. The van der Waals surface area contributed by atoms with E-state index in [-0.39, 0.29) is 0 Å². The molecule has 1 aliphatic rings. The zero-order chi connectivity index (χ0) is 13.1. The van der Waals surface area contributed by atoms with Crippen LogP contribution >= 0.6 is 0 Å². The van der Waals surface area contributed by atoms with Gasteiger partial charge in [0.05, 0.1) is 6.61 Å². The molecule has 3 heteroatoms. The number of rotatable bonds is 10. The smallest absolute Gasteiger partial charge is 0.0591 e. The Morgan fingerprint density at radius 1 is 1.06 bits per heavy atom. The quantitative estimate of drug-likeness (QED) is 0.608. The molecule has 0 aromatic heterocycles.